The molecule has 2 rings (SSSR count). The molecule has 0 aliphatic carbocycles. The Kier molecular flexibility index (Phi) is 3.21. The van der Waals surface area contributed by atoms with Crippen LogP contribution in [0.2, 0.25) is 0 Å². The molecule has 0 spiro atoms. The van der Waals surface area contributed by atoms with E-state index >= 15 is 0 Å². The van der Waals surface area contributed by atoms with Crippen molar-refractivity contribution in [2.45, 2.75) is 18.8 Å². The first-order valence-electron chi connectivity index (χ1n) is 5.35. The summed E-state index contributed by atoms with van der Waals surface area (Å²) in [5.74, 6) is 0.552. The first-order valence-corrected chi connectivity index (χ1v) is 5.35. The number of halogens is 1. The lowest BCUT2D eigenvalue weighted by Crippen LogP contribution is -2.28. The van der Waals surface area contributed by atoms with Crippen LogP contribution in [0, 0.1) is 5.82 Å². The largest absolute Gasteiger partial charge is 0.494 e. The third kappa shape index (κ3) is 2.29. The molecule has 1 unspecified atom stereocenters. The van der Waals surface area contributed by atoms with Gasteiger partial charge in [0.05, 0.1) is 7.11 Å². The fourth-order valence-corrected chi connectivity index (χ4v) is 2.07. The van der Waals surface area contributed by atoms with Crippen LogP contribution in [0.1, 0.15) is 24.3 Å². The molecule has 82 valence electrons. The molecule has 1 atom stereocenters. The van der Waals surface area contributed by atoms with E-state index in [0.717, 1.165) is 13.1 Å². The highest BCUT2D eigenvalue weighted by Gasteiger charge is 2.16. The van der Waals surface area contributed by atoms with Gasteiger partial charge in [-0.15, -0.1) is 0 Å². The first-order chi connectivity index (χ1) is 7.31. The Morgan fingerprint density at radius 2 is 2.33 bits per heavy atom. The second-order valence-corrected chi connectivity index (χ2v) is 3.94. The van der Waals surface area contributed by atoms with E-state index in [1.165, 1.54) is 31.6 Å². The number of hydrogen-bond acceptors (Lipinski definition) is 2. The number of hydrogen-bond donors (Lipinski definition) is 1. The molecule has 0 amide bonds. The van der Waals surface area contributed by atoms with Gasteiger partial charge in [0.15, 0.2) is 11.6 Å². The number of nitrogens with one attached hydrogen (secondary N) is 1. The number of ether oxygens (including phenoxy) is 1. The van der Waals surface area contributed by atoms with Gasteiger partial charge < -0.3 is 10.1 Å². The summed E-state index contributed by atoms with van der Waals surface area (Å²) in [6.45, 7) is 2.07. The van der Waals surface area contributed by atoms with Crippen LogP contribution in [0.3, 0.4) is 0 Å². The Hall–Kier alpha value is -1.09. The van der Waals surface area contributed by atoms with E-state index in [-0.39, 0.29) is 5.82 Å². The van der Waals surface area contributed by atoms with Crippen LogP contribution in [0.25, 0.3) is 0 Å². The molecule has 0 bridgehead atoms. The molecule has 15 heavy (non-hydrogen) atoms. The lowest BCUT2D eigenvalue weighted by molar-refractivity contribution is 0.384. The van der Waals surface area contributed by atoms with Crippen molar-refractivity contribution in [3.05, 3.63) is 29.6 Å². The minimum atomic E-state index is -0.287. The Labute approximate surface area is 89.4 Å². The van der Waals surface area contributed by atoms with Gasteiger partial charge in [0, 0.05) is 6.54 Å². The van der Waals surface area contributed by atoms with Crippen LogP contribution in [0.15, 0.2) is 18.2 Å². The van der Waals surface area contributed by atoms with E-state index in [2.05, 4.69) is 5.32 Å². The number of methoxy groups -OCH3 is 1. The maximum absolute atomic E-state index is 13.2. The molecule has 0 radical (unpaired) electrons. The molecule has 1 saturated heterocycles. The van der Waals surface area contributed by atoms with Crippen LogP contribution in [0.4, 0.5) is 4.39 Å². The Morgan fingerprint density at radius 3 is 3.00 bits per heavy atom. The van der Waals surface area contributed by atoms with E-state index in [4.69, 9.17) is 4.74 Å². The molecule has 1 fully saturated rings. The Morgan fingerprint density at radius 1 is 1.47 bits per heavy atom. The molecule has 1 N–H and O–H groups in total. The topological polar surface area (TPSA) is 21.3 Å². The molecular formula is C12H16FNO. The third-order valence-corrected chi connectivity index (χ3v) is 2.94. The van der Waals surface area contributed by atoms with E-state index in [9.17, 15) is 4.39 Å². The molecule has 1 aromatic rings. The van der Waals surface area contributed by atoms with Crippen molar-refractivity contribution in [1.82, 2.24) is 5.32 Å². The molecule has 0 saturated carbocycles. The molecule has 2 nitrogen and oxygen atoms in total. The monoisotopic (exact) mass is 209 g/mol. The maximum Gasteiger partial charge on any atom is 0.165 e. The number of piperidine rings is 1. The van der Waals surface area contributed by atoms with Gasteiger partial charge in [-0.2, -0.15) is 0 Å². The van der Waals surface area contributed by atoms with E-state index in [0.29, 0.717) is 11.7 Å². The zero-order chi connectivity index (χ0) is 10.7. The lowest BCUT2D eigenvalue weighted by Gasteiger charge is -2.23. The summed E-state index contributed by atoms with van der Waals surface area (Å²) in [5, 5.41) is 3.35. The smallest absolute Gasteiger partial charge is 0.165 e. The molecule has 1 aliphatic heterocycles. The predicted octanol–water partition coefficient (Wildman–Crippen LogP) is 2.30. The van der Waals surface area contributed by atoms with Crippen molar-refractivity contribution in [3.63, 3.8) is 0 Å². The molecule has 1 aromatic carbocycles. The van der Waals surface area contributed by atoms with Gasteiger partial charge in [-0.1, -0.05) is 6.07 Å². The summed E-state index contributed by atoms with van der Waals surface area (Å²) >= 11 is 0. The van der Waals surface area contributed by atoms with Gasteiger partial charge >= 0.3 is 0 Å². The summed E-state index contributed by atoms with van der Waals surface area (Å²) in [4.78, 5) is 0. The minimum absolute atomic E-state index is 0.287. The van der Waals surface area contributed by atoms with Gasteiger partial charge in [0.1, 0.15) is 0 Å². The van der Waals surface area contributed by atoms with E-state index < -0.39 is 0 Å². The van der Waals surface area contributed by atoms with Crippen LogP contribution in [-0.2, 0) is 0 Å². The van der Waals surface area contributed by atoms with Crippen molar-refractivity contribution in [2.75, 3.05) is 20.2 Å². The van der Waals surface area contributed by atoms with Crippen LogP contribution in [0.5, 0.6) is 5.75 Å². The van der Waals surface area contributed by atoms with Crippen molar-refractivity contribution < 1.29 is 9.13 Å². The Bertz CT molecular complexity index is 334. The standard InChI is InChI=1S/C12H16FNO/c1-15-12-7-9(4-5-11(12)13)10-3-2-6-14-8-10/h4-5,7,10,14H,2-3,6,8H2,1H3. The van der Waals surface area contributed by atoms with E-state index in [1.54, 1.807) is 0 Å². The Balaban J connectivity index is 2.20. The van der Waals surface area contributed by atoms with Crippen molar-refractivity contribution in [3.8, 4) is 5.75 Å². The molecule has 3 heteroatoms. The van der Waals surface area contributed by atoms with Gasteiger partial charge in [-0.3, -0.25) is 0 Å². The first kappa shape index (κ1) is 10.4. The zero-order valence-corrected chi connectivity index (χ0v) is 8.92. The third-order valence-electron chi connectivity index (χ3n) is 2.94. The summed E-state index contributed by atoms with van der Waals surface area (Å²) < 4.78 is 18.2. The van der Waals surface area contributed by atoms with Crippen molar-refractivity contribution in [2.24, 2.45) is 0 Å². The quantitative estimate of drug-likeness (QED) is 0.807. The fourth-order valence-electron chi connectivity index (χ4n) is 2.07. The molecule has 1 aliphatic rings. The maximum atomic E-state index is 13.2. The average molecular weight is 209 g/mol. The highest BCUT2D eigenvalue weighted by atomic mass is 19.1. The second-order valence-electron chi connectivity index (χ2n) is 3.94. The van der Waals surface area contributed by atoms with Gasteiger partial charge in [-0.05, 0) is 43.0 Å². The molecular weight excluding hydrogens is 193 g/mol. The van der Waals surface area contributed by atoms with Gasteiger partial charge in [-0.25, -0.2) is 4.39 Å². The molecule has 1 heterocycles. The predicted molar refractivity (Wildman–Crippen MR) is 57.8 cm³/mol. The highest BCUT2D eigenvalue weighted by Crippen LogP contribution is 2.27. The van der Waals surface area contributed by atoms with E-state index in [1.807, 2.05) is 12.1 Å². The van der Waals surface area contributed by atoms with Crippen molar-refractivity contribution >= 4 is 0 Å². The van der Waals surface area contributed by atoms with Crippen LogP contribution in [-0.4, -0.2) is 20.2 Å². The molecule has 0 aromatic heterocycles. The van der Waals surface area contributed by atoms with Crippen LogP contribution >= 0.6 is 0 Å². The summed E-state index contributed by atoms with van der Waals surface area (Å²) in [6.07, 6.45) is 2.35. The normalized spacial score (nSPS) is 21.3. The number of rotatable bonds is 2. The van der Waals surface area contributed by atoms with Crippen LogP contribution < -0.4 is 10.1 Å². The SMILES string of the molecule is COc1cc(C2CCCNC2)ccc1F. The van der Waals surface area contributed by atoms with Gasteiger partial charge in [0.25, 0.3) is 0 Å². The summed E-state index contributed by atoms with van der Waals surface area (Å²) in [6, 6.07) is 5.16. The van der Waals surface area contributed by atoms with Crippen molar-refractivity contribution in [1.29, 1.82) is 0 Å². The highest BCUT2D eigenvalue weighted by molar-refractivity contribution is 5.32. The summed E-state index contributed by atoms with van der Waals surface area (Å²) in [7, 11) is 1.50. The van der Waals surface area contributed by atoms with Gasteiger partial charge in [0.2, 0.25) is 0 Å². The summed E-state index contributed by atoms with van der Waals surface area (Å²) in [5.41, 5.74) is 1.17. The zero-order valence-electron chi connectivity index (χ0n) is 8.92. The second kappa shape index (κ2) is 4.62. The average Bonchev–Trinajstić information content (AvgIpc) is 2.31. The number of benzene rings is 1. The minimum Gasteiger partial charge on any atom is -0.494 e. The fraction of sp³-hybridized carbons (Fsp3) is 0.500. The lowest BCUT2D eigenvalue weighted by atomic mass is 9.91.